The summed E-state index contributed by atoms with van der Waals surface area (Å²) >= 11 is 5.52. The highest BCUT2D eigenvalue weighted by molar-refractivity contribution is 6.31. The second-order valence-electron chi connectivity index (χ2n) is 4.51. The minimum Gasteiger partial charge on any atom is -0.322 e. The summed E-state index contributed by atoms with van der Waals surface area (Å²) in [5.41, 5.74) is 0.407. The third-order valence-electron chi connectivity index (χ3n) is 2.84. The molecule has 0 aliphatic rings. The van der Waals surface area contributed by atoms with Crippen LogP contribution in [0.15, 0.2) is 42.5 Å². The number of nitrogens with one attached hydrogen (secondary N) is 1. The van der Waals surface area contributed by atoms with E-state index < -0.39 is 22.7 Å². The van der Waals surface area contributed by atoms with Crippen molar-refractivity contribution in [1.29, 1.82) is 0 Å². The Balaban J connectivity index is 2.24. The Kier molecular flexibility index (Phi) is 4.23. The second-order valence-corrected chi connectivity index (χ2v) is 4.92. The monoisotopic (exact) mass is 313 g/mol. The molecule has 0 spiro atoms. The standard InChI is InChI=1S/C15H11ClF3NO/c1-9-2-4-10(5-3-9)14(21)20-11-6-7-13(16)12(8-11)15(17,18)19/h2-8H,1H3,(H,20,21). The summed E-state index contributed by atoms with van der Waals surface area (Å²) in [4.78, 5) is 11.9. The van der Waals surface area contributed by atoms with Crippen LogP contribution in [-0.4, -0.2) is 5.91 Å². The molecule has 0 heterocycles. The van der Waals surface area contributed by atoms with E-state index in [4.69, 9.17) is 11.6 Å². The summed E-state index contributed by atoms with van der Waals surface area (Å²) in [6.07, 6.45) is -4.57. The highest BCUT2D eigenvalue weighted by Gasteiger charge is 2.33. The lowest BCUT2D eigenvalue weighted by atomic mass is 10.1. The number of amides is 1. The van der Waals surface area contributed by atoms with Crippen molar-refractivity contribution in [2.45, 2.75) is 13.1 Å². The molecule has 0 aromatic heterocycles. The van der Waals surface area contributed by atoms with E-state index in [-0.39, 0.29) is 5.69 Å². The van der Waals surface area contributed by atoms with Gasteiger partial charge in [-0.1, -0.05) is 29.3 Å². The van der Waals surface area contributed by atoms with E-state index in [1.165, 1.54) is 6.07 Å². The number of aryl methyl sites for hydroxylation is 1. The fourth-order valence-electron chi connectivity index (χ4n) is 1.73. The van der Waals surface area contributed by atoms with E-state index >= 15 is 0 Å². The SMILES string of the molecule is Cc1ccc(C(=O)Nc2ccc(Cl)c(C(F)(F)F)c2)cc1. The molecule has 2 rings (SSSR count). The van der Waals surface area contributed by atoms with Crippen molar-refractivity contribution in [1.82, 2.24) is 0 Å². The molecule has 2 nitrogen and oxygen atoms in total. The van der Waals surface area contributed by atoms with Crippen LogP contribution in [0.25, 0.3) is 0 Å². The zero-order chi connectivity index (χ0) is 15.6. The summed E-state index contributed by atoms with van der Waals surface area (Å²) in [6.45, 7) is 1.87. The number of hydrogen-bond acceptors (Lipinski definition) is 1. The fourth-order valence-corrected chi connectivity index (χ4v) is 1.95. The van der Waals surface area contributed by atoms with Crippen LogP contribution in [0.2, 0.25) is 5.02 Å². The van der Waals surface area contributed by atoms with Crippen molar-refractivity contribution in [3.05, 3.63) is 64.2 Å². The van der Waals surface area contributed by atoms with Crippen LogP contribution >= 0.6 is 11.6 Å². The number of benzene rings is 2. The Labute approximate surface area is 124 Å². The first-order valence-electron chi connectivity index (χ1n) is 6.02. The summed E-state index contributed by atoms with van der Waals surface area (Å²) in [5, 5.41) is 2.01. The van der Waals surface area contributed by atoms with Crippen molar-refractivity contribution < 1.29 is 18.0 Å². The molecule has 0 aliphatic heterocycles. The molecule has 0 radical (unpaired) electrons. The summed E-state index contributed by atoms with van der Waals surface area (Å²) in [7, 11) is 0. The van der Waals surface area contributed by atoms with Crippen molar-refractivity contribution in [3.63, 3.8) is 0 Å². The number of rotatable bonds is 2. The molecular weight excluding hydrogens is 303 g/mol. The number of hydrogen-bond donors (Lipinski definition) is 1. The molecule has 0 aliphatic carbocycles. The van der Waals surface area contributed by atoms with Gasteiger partial charge in [0.25, 0.3) is 5.91 Å². The lowest BCUT2D eigenvalue weighted by Crippen LogP contribution is -2.13. The van der Waals surface area contributed by atoms with Gasteiger partial charge in [0.2, 0.25) is 0 Å². The molecule has 2 aromatic rings. The Morgan fingerprint density at radius 2 is 1.71 bits per heavy atom. The highest BCUT2D eigenvalue weighted by Crippen LogP contribution is 2.36. The van der Waals surface area contributed by atoms with Crippen LogP contribution in [0.1, 0.15) is 21.5 Å². The zero-order valence-electron chi connectivity index (χ0n) is 11.0. The van der Waals surface area contributed by atoms with Gasteiger partial charge in [-0.15, -0.1) is 0 Å². The molecule has 6 heteroatoms. The number of carbonyl (C=O) groups is 1. The third-order valence-corrected chi connectivity index (χ3v) is 3.17. The van der Waals surface area contributed by atoms with E-state index in [1.807, 2.05) is 6.92 Å². The van der Waals surface area contributed by atoms with Gasteiger partial charge in [0.1, 0.15) is 0 Å². The van der Waals surface area contributed by atoms with E-state index in [0.717, 1.165) is 17.7 Å². The number of anilines is 1. The van der Waals surface area contributed by atoms with Crippen molar-refractivity contribution >= 4 is 23.2 Å². The van der Waals surface area contributed by atoms with Crippen molar-refractivity contribution in [2.24, 2.45) is 0 Å². The minimum absolute atomic E-state index is 0.0392. The molecule has 0 unspecified atom stereocenters. The van der Waals surface area contributed by atoms with Gasteiger partial charge in [-0.3, -0.25) is 4.79 Å². The summed E-state index contributed by atoms with van der Waals surface area (Å²) in [5.74, 6) is -0.481. The Hall–Kier alpha value is -2.01. The van der Waals surface area contributed by atoms with Gasteiger partial charge in [-0.25, -0.2) is 0 Å². The van der Waals surface area contributed by atoms with Gasteiger partial charge in [-0.05, 0) is 37.3 Å². The number of carbonyl (C=O) groups excluding carboxylic acids is 1. The molecule has 0 bridgehead atoms. The molecule has 110 valence electrons. The fraction of sp³-hybridized carbons (Fsp3) is 0.133. The largest absolute Gasteiger partial charge is 0.417 e. The average molecular weight is 314 g/mol. The molecule has 2 aromatic carbocycles. The van der Waals surface area contributed by atoms with E-state index in [1.54, 1.807) is 24.3 Å². The molecule has 0 saturated heterocycles. The molecule has 0 fully saturated rings. The minimum atomic E-state index is -4.57. The van der Waals surface area contributed by atoms with E-state index in [2.05, 4.69) is 5.32 Å². The van der Waals surface area contributed by atoms with Gasteiger partial charge >= 0.3 is 6.18 Å². The molecule has 1 N–H and O–H groups in total. The van der Waals surface area contributed by atoms with Crippen LogP contribution < -0.4 is 5.32 Å². The van der Waals surface area contributed by atoms with Gasteiger partial charge in [0.15, 0.2) is 0 Å². The lowest BCUT2D eigenvalue weighted by molar-refractivity contribution is -0.137. The van der Waals surface area contributed by atoms with E-state index in [0.29, 0.717) is 5.56 Å². The van der Waals surface area contributed by atoms with Crippen molar-refractivity contribution in [3.8, 4) is 0 Å². The topological polar surface area (TPSA) is 29.1 Å². The van der Waals surface area contributed by atoms with E-state index in [9.17, 15) is 18.0 Å². The maximum Gasteiger partial charge on any atom is 0.417 e. The second kappa shape index (κ2) is 5.77. The smallest absolute Gasteiger partial charge is 0.322 e. The first kappa shape index (κ1) is 15.4. The first-order chi connectivity index (χ1) is 9.77. The predicted octanol–water partition coefficient (Wildman–Crippen LogP) is 4.92. The lowest BCUT2D eigenvalue weighted by Gasteiger charge is -2.12. The van der Waals surface area contributed by atoms with Crippen LogP contribution in [0.5, 0.6) is 0 Å². The number of alkyl halides is 3. The molecule has 0 atom stereocenters. The maximum atomic E-state index is 12.7. The van der Waals surface area contributed by atoms with Gasteiger partial charge in [-0.2, -0.15) is 13.2 Å². The summed E-state index contributed by atoms with van der Waals surface area (Å²) in [6, 6.07) is 9.94. The van der Waals surface area contributed by atoms with Gasteiger partial charge in [0.05, 0.1) is 10.6 Å². The summed E-state index contributed by atoms with van der Waals surface area (Å²) < 4.78 is 38.2. The van der Waals surface area contributed by atoms with Gasteiger partial charge < -0.3 is 5.32 Å². The molecule has 1 amide bonds. The molecule has 21 heavy (non-hydrogen) atoms. The Bertz CT molecular complexity index is 666. The van der Waals surface area contributed by atoms with Crippen LogP contribution in [-0.2, 0) is 6.18 Å². The zero-order valence-corrected chi connectivity index (χ0v) is 11.7. The number of halogens is 4. The van der Waals surface area contributed by atoms with Crippen molar-refractivity contribution in [2.75, 3.05) is 5.32 Å². The van der Waals surface area contributed by atoms with Crippen LogP contribution in [0.4, 0.5) is 18.9 Å². The Morgan fingerprint density at radius 3 is 2.29 bits per heavy atom. The molecule has 0 saturated carbocycles. The normalized spacial score (nSPS) is 11.3. The third kappa shape index (κ3) is 3.76. The quantitative estimate of drug-likeness (QED) is 0.837. The molecular formula is C15H11ClF3NO. The Morgan fingerprint density at radius 1 is 1.10 bits per heavy atom. The predicted molar refractivity (Wildman–Crippen MR) is 75.6 cm³/mol. The van der Waals surface area contributed by atoms with Gasteiger partial charge in [0, 0.05) is 11.3 Å². The van der Waals surface area contributed by atoms with Crippen LogP contribution in [0, 0.1) is 6.92 Å². The van der Waals surface area contributed by atoms with Crippen LogP contribution in [0.3, 0.4) is 0 Å². The maximum absolute atomic E-state index is 12.7. The first-order valence-corrected chi connectivity index (χ1v) is 6.40. The average Bonchev–Trinajstić information content (AvgIpc) is 2.40. The highest BCUT2D eigenvalue weighted by atomic mass is 35.5.